The lowest BCUT2D eigenvalue weighted by atomic mass is 9.68. The van der Waals surface area contributed by atoms with Crippen molar-refractivity contribution in [1.29, 1.82) is 0 Å². The molecule has 1 aliphatic heterocycles. The van der Waals surface area contributed by atoms with Crippen LogP contribution in [0.3, 0.4) is 0 Å². The Morgan fingerprint density at radius 2 is 1.72 bits per heavy atom. The number of esters is 1. The minimum absolute atomic E-state index is 0.0505. The summed E-state index contributed by atoms with van der Waals surface area (Å²) in [6, 6.07) is 5.21. The van der Waals surface area contributed by atoms with Crippen molar-refractivity contribution in [3.63, 3.8) is 0 Å². The highest BCUT2D eigenvalue weighted by Gasteiger charge is 2.54. The Morgan fingerprint density at radius 1 is 1.08 bits per heavy atom. The molecule has 36 heavy (non-hydrogen) atoms. The number of carbonyl (C=O) groups is 2. The second-order valence-electron chi connectivity index (χ2n) is 13.3. The molecule has 3 atom stereocenters. The molecule has 3 rings (SSSR count). The van der Waals surface area contributed by atoms with Gasteiger partial charge >= 0.3 is 19.2 Å². The van der Waals surface area contributed by atoms with Gasteiger partial charge in [-0.1, -0.05) is 32.9 Å². The van der Waals surface area contributed by atoms with E-state index in [1.54, 1.807) is 53.7 Å². The molecule has 0 aromatic heterocycles. The maximum Gasteiger partial charge on any atom is 0.514 e. The van der Waals surface area contributed by atoms with Crippen LogP contribution in [-0.2, 0) is 25.2 Å². The van der Waals surface area contributed by atoms with E-state index in [2.05, 4.69) is 20.8 Å². The zero-order valence-electron chi connectivity index (χ0n) is 23.7. The number of benzene rings is 1. The standard InChI is InChI=1S/C28H43BO7/c1-18(29-35-21-14-15-27(8,9)17-28(21,10)36-29)16-19-12-11-13-20(23(30)33-25(2,3)4)22(19)32-24(31)34-26(5,6)7/h11-13,18,21H,14-17H2,1-10H3. The van der Waals surface area contributed by atoms with Gasteiger partial charge in [0.25, 0.3) is 0 Å². The van der Waals surface area contributed by atoms with Gasteiger partial charge in [0.1, 0.15) is 16.8 Å². The van der Waals surface area contributed by atoms with E-state index in [1.807, 2.05) is 13.0 Å². The first-order valence-corrected chi connectivity index (χ1v) is 13.0. The largest absolute Gasteiger partial charge is 0.514 e. The van der Waals surface area contributed by atoms with Gasteiger partial charge < -0.3 is 23.5 Å². The fraction of sp³-hybridized carbons (Fsp3) is 0.714. The Hall–Kier alpha value is -2.06. The number of ether oxygens (including phenoxy) is 3. The van der Waals surface area contributed by atoms with Gasteiger partial charge in [0.15, 0.2) is 5.75 Å². The van der Waals surface area contributed by atoms with Gasteiger partial charge in [-0.25, -0.2) is 9.59 Å². The summed E-state index contributed by atoms with van der Waals surface area (Å²) in [6.45, 7) is 19.4. The Bertz CT molecular complexity index is 975. The van der Waals surface area contributed by atoms with Crippen LogP contribution in [0.15, 0.2) is 18.2 Å². The molecule has 8 heteroatoms. The van der Waals surface area contributed by atoms with Crippen LogP contribution < -0.4 is 4.74 Å². The molecule has 200 valence electrons. The van der Waals surface area contributed by atoms with Crippen LogP contribution in [0, 0.1) is 5.41 Å². The Morgan fingerprint density at radius 3 is 2.33 bits per heavy atom. The van der Waals surface area contributed by atoms with Crippen LogP contribution in [0.5, 0.6) is 5.75 Å². The van der Waals surface area contributed by atoms with Crippen molar-refractivity contribution < 1.29 is 33.1 Å². The molecule has 0 bridgehead atoms. The summed E-state index contributed by atoms with van der Waals surface area (Å²) in [5.74, 6) is -0.467. The fourth-order valence-corrected chi connectivity index (χ4v) is 5.17. The predicted octanol–water partition coefficient (Wildman–Crippen LogP) is 6.76. The van der Waals surface area contributed by atoms with Crippen molar-refractivity contribution in [3.05, 3.63) is 29.3 Å². The number of rotatable bonds is 5. The number of fused-ring (bicyclic) bond motifs is 1. The maximum atomic E-state index is 13.0. The van der Waals surface area contributed by atoms with Crippen molar-refractivity contribution in [2.24, 2.45) is 5.41 Å². The minimum atomic E-state index is -0.874. The molecule has 1 aliphatic carbocycles. The monoisotopic (exact) mass is 502 g/mol. The van der Waals surface area contributed by atoms with E-state index >= 15 is 0 Å². The third kappa shape index (κ3) is 7.25. The summed E-state index contributed by atoms with van der Waals surface area (Å²) in [5, 5.41) is 0. The first-order valence-electron chi connectivity index (χ1n) is 13.0. The van der Waals surface area contributed by atoms with Crippen LogP contribution in [-0.4, -0.2) is 42.2 Å². The van der Waals surface area contributed by atoms with E-state index in [0.29, 0.717) is 12.0 Å². The Labute approximate surface area is 216 Å². The first kappa shape index (κ1) is 28.5. The normalized spacial score (nSPS) is 24.6. The van der Waals surface area contributed by atoms with Crippen molar-refractivity contribution in [2.45, 2.75) is 124 Å². The molecule has 1 saturated heterocycles. The van der Waals surface area contributed by atoms with Gasteiger partial charge in [0, 0.05) is 0 Å². The lowest BCUT2D eigenvalue weighted by molar-refractivity contribution is -0.0298. The molecule has 2 aliphatic rings. The first-order chi connectivity index (χ1) is 16.4. The SMILES string of the molecule is CC(Cc1cccc(C(=O)OC(C)(C)C)c1OC(=O)OC(C)(C)C)B1OC2CCC(C)(C)CC2(C)O1. The number of para-hydroxylation sites is 1. The van der Waals surface area contributed by atoms with Crippen LogP contribution in [0.2, 0.25) is 5.82 Å². The number of carbonyl (C=O) groups excluding carboxylic acids is 2. The second-order valence-corrected chi connectivity index (χ2v) is 13.3. The summed E-state index contributed by atoms with van der Waals surface area (Å²) in [4.78, 5) is 25.6. The van der Waals surface area contributed by atoms with Crippen LogP contribution >= 0.6 is 0 Å². The molecule has 0 radical (unpaired) electrons. The lowest BCUT2D eigenvalue weighted by Crippen LogP contribution is -2.45. The molecule has 0 N–H and O–H groups in total. The molecule has 1 aromatic rings. The van der Waals surface area contributed by atoms with E-state index < -0.39 is 30.4 Å². The van der Waals surface area contributed by atoms with Crippen molar-refractivity contribution >= 4 is 19.2 Å². The molecular weight excluding hydrogens is 459 g/mol. The van der Waals surface area contributed by atoms with Crippen LogP contribution in [0.1, 0.15) is 104 Å². The zero-order valence-corrected chi connectivity index (χ0v) is 23.7. The number of hydrogen-bond acceptors (Lipinski definition) is 7. The summed E-state index contributed by atoms with van der Waals surface area (Å²) in [5.41, 5.74) is -0.691. The molecule has 1 aromatic carbocycles. The zero-order chi connectivity index (χ0) is 27.1. The van der Waals surface area contributed by atoms with E-state index in [4.69, 9.17) is 23.5 Å². The predicted molar refractivity (Wildman–Crippen MR) is 139 cm³/mol. The summed E-state index contributed by atoms with van der Waals surface area (Å²) in [6.07, 6.45) is 2.67. The average molecular weight is 502 g/mol. The van der Waals surface area contributed by atoms with Crippen molar-refractivity contribution in [3.8, 4) is 5.75 Å². The highest BCUT2D eigenvalue weighted by molar-refractivity contribution is 6.47. The van der Waals surface area contributed by atoms with Gasteiger partial charge in [-0.3, -0.25) is 0 Å². The van der Waals surface area contributed by atoms with E-state index in [9.17, 15) is 9.59 Å². The quantitative estimate of drug-likeness (QED) is 0.250. The van der Waals surface area contributed by atoms with Gasteiger partial charge in [-0.15, -0.1) is 0 Å². The highest BCUT2D eigenvalue weighted by Crippen LogP contribution is 2.49. The molecular formula is C28H43BO7. The van der Waals surface area contributed by atoms with E-state index in [0.717, 1.165) is 19.3 Å². The van der Waals surface area contributed by atoms with Crippen LogP contribution in [0.25, 0.3) is 0 Å². The lowest BCUT2D eigenvalue weighted by Gasteiger charge is -2.43. The van der Waals surface area contributed by atoms with Gasteiger partial charge in [-0.05, 0) is 97.0 Å². The third-order valence-corrected chi connectivity index (χ3v) is 6.57. The van der Waals surface area contributed by atoms with E-state index in [1.165, 1.54) is 0 Å². The van der Waals surface area contributed by atoms with Crippen molar-refractivity contribution in [1.82, 2.24) is 0 Å². The Kier molecular flexibility index (Phi) is 7.93. The van der Waals surface area contributed by atoms with Gasteiger partial charge in [0.05, 0.1) is 11.7 Å². The molecule has 2 fully saturated rings. The molecule has 1 saturated carbocycles. The number of hydrogen-bond donors (Lipinski definition) is 0. The van der Waals surface area contributed by atoms with Crippen molar-refractivity contribution in [2.75, 3.05) is 0 Å². The minimum Gasteiger partial charge on any atom is -0.456 e. The summed E-state index contributed by atoms with van der Waals surface area (Å²) >= 11 is 0. The third-order valence-electron chi connectivity index (χ3n) is 6.57. The molecule has 0 spiro atoms. The van der Waals surface area contributed by atoms with Gasteiger partial charge in [0.2, 0.25) is 0 Å². The van der Waals surface area contributed by atoms with E-state index in [-0.39, 0.29) is 34.3 Å². The fourth-order valence-electron chi connectivity index (χ4n) is 5.17. The second kappa shape index (κ2) is 10.0. The van der Waals surface area contributed by atoms with Crippen LogP contribution in [0.4, 0.5) is 4.79 Å². The Balaban J connectivity index is 1.86. The molecule has 1 heterocycles. The summed E-state index contributed by atoms with van der Waals surface area (Å²) < 4.78 is 29.5. The molecule has 0 amide bonds. The summed E-state index contributed by atoms with van der Waals surface area (Å²) in [7, 11) is -0.395. The maximum absolute atomic E-state index is 13.0. The highest BCUT2D eigenvalue weighted by atomic mass is 16.7. The molecule has 7 nitrogen and oxygen atoms in total. The van der Waals surface area contributed by atoms with Gasteiger partial charge in [-0.2, -0.15) is 0 Å². The average Bonchev–Trinajstić information content (AvgIpc) is 3.01. The smallest absolute Gasteiger partial charge is 0.456 e. The topological polar surface area (TPSA) is 80.3 Å². The molecule has 3 unspecified atom stereocenters.